The van der Waals surface area contributed by atoms with Crippen LogP contribution in [0.25, 0.3) is 32.7 Å². The van der Waals surface area contributed by atoms with Crippen LogP contribution in [-0.2, 0) is 0 Å². The monoisotopic (exact) mass is 912 g/mol. The largest absolute Gasteiger partial charge is 0.311 e. The number of benzene rings is 9. The number of para-hydroxylation sites is 8. The molecule has 16 rings (SSSR count). The van der Waals surface area contributed by atoms with Gasteiger partial charge in [-0.3, -0.25) is 15.0 Å². The number of hydrogen-bond acceptors (Lipinski definition) is 6. The Bertz CT molecular complexity index is 4220. The molecule has 6 nitrogen and oxygen atoms in total. The van der Waals surface area contributed by atoms with Crippen LogP contribution in [-0.4, -0.2) is 35.1 Å². The molecule has 330 valence electrons. The molecule has 0 bridgehead atoms. The van der Waals surface area contributed by atoms with Crippen molar-refractivity contribution in [2.24, 2.45) is 0 Å². The first kappa shape index (κ1) is 39.6. The molecule has 4 aliphatic heterocycles. The van der Waals surface area contributed by atoms with Crippen molar-refractivity contribution in [3.63, 3.8) is 0 Å². The van der Waals surface area contributed by atoms with Crippen LogP contribution in [0.4, 0.5) is 51.2 Å². The van der Waals surface area contributed by atoms with Crippen molar-refractivity contribution < 1.29 is 0 Å². The first-order chi connectivity index (χ1) is 35.8. The topological polar surface area (TPSA) is 48.4 Å². The van der Waals surface area contributed by atoms with E-state index in [0.717, 1.165) is 95.0 Å². The average Bonchev–Trinajstić information content (AvgIpc) is 3.45. The minimum absolute atomic E-state index is 0.0743. The van der Waals surface area contributed by atoms with Crippen molar-refractivity contribution in [2.45, 2.75) is 0 Å². The van der Waals surface area contributed by atoms with E-state index in [2.05, 4.69) is 251 Å². The molecule has 0 atom stereocenters. The number of rotatable bonds is 4. The third-order valence-electron chi connectivity index (χ3n) is 15.7. The molecule has 0 spiro atoms. The Kier molecular flexibility index (Phi) is 8.34. The van der Waals surface area contributed by atoms with E-state index in [1.165, 1.54) is 38.5 Å². The maximum Gasteiger partial charge on any atom is 0.293 e. The van der Waals surface area contributed by atoms with E-state index in [4.69, 9.17) is 15.0 Å². The quantitative estimate of drug-likeness (QED) is 0.165. The molecule has 0 radical (unpaired) electrons. The van der Waals surface area contributed by atoms with Gasteiger partial charge in [-0.2, -0.15) is 0 Å². The summed E-state index contributed by atoms with van der Waals surface area (Å²) >= 11 is 0. The number of anilines is 9. The third kappa shape index (κ3) is 5.50. The normalized spacial score (nSPS) is 13.7. The summed E-state index contributed by atoms with van der Waals surface area (Å²) in [6.07, 6.45) is 0. The minimum atomic E-state index is -0.294. The Hall–Kier alpha value is -9.20. The van der Waals surface area contributed by atoms with Gasteiger partial charge in [-0.1, -0.05) is 158 Å². The van der Waals surface area contributed by atoms with E-state index < -0.39 is 0 Å². The Morgan fingerprint density at radius 1 is 0.306 bits per heavy atom. The SMILES string of the molecule is c1ccc(N2c3ccccc3B3c4ccccc4N(c4ccccc4)c4c3c2cc2c3c5c(nc42)B(c2ccc4ccccc4n2)c2ccccc2N5c2ccccc2B3c2ccc3ccccc3n2)cc1. The van der Waals surface area contributed by atoms with E-state index in [1.54, 1.807) is 0 Å². The molecule has 7 heterocycles. The predicted octanol–water partition coefficient (Wildman–Crippen LogP) is 8.54. The van der Waals surface area contributed by atoms with Gasteiger partial charge in [0.05, 0.1) is 27.9 Å². The Balaban J connectivity index is 1.13. The second kappa shape index (κ2) is 15.2. The zero-order valence-electron chi connectivity index (χ0n) is 38.9. The second-order valence-corrected chi connectivity index (χ2v) is 19.4. The van der Waals surface area contributed by atoms with Crippen LogP contribution in [0.2, 0.25) is 0 Å². The molecule has 0 saturated carbocycles. The van der Waals surface area contributed by atoms with Crippen LogP contribution in [0.1, 0.15) is 0 Å². The summed E-state index contributed by atoms with van der Waals surface area (Å²) in [5.41, 5.74) is 23.2. The van der Waals surface area contributed by atoms with Crippen molar-refractivity contribution in [3.8, 4) is 0 Å². The van der Waals surface area contributed by atoms with Gasteiger partial charge in [0, 0.05) is 72.8 Å². The molecule has 0 amide bonds. The molecule has 9 aromatic carbocycles. The highest BCUT2D eigenvalue weighted by atomic mass is 15.2. The van der Waals surface area contributed by atoms with Crippen LogP contribution < -0.4 is 64.3 Å². The number of aromatic nitrogens is 3. The first-order valence-electron chi connectivity index (χ1n) is 24.9. The number of hydrogen-bond donors (Lipinski definition) is 0. The van der Waals surface area contributed by atoms with Gasteiger partial charge in [0.25, 0.3) is 20.1 Å². The zero-order valence-corrected chi connectivity index (χ0v) is 38.9. The fraction of sp³-hybridized carbons (Fsp3) is 0. The lowest BCUT2D eigenvalue weighted by molar-refractivity contribution is 1.24. The van der Waals surface area contributed by atoms with Gasteiger partial charge >= 0.3 is 0 Å². The number of fused-ring (bicyclic) bond motifs is 13. The van der Waals surface area contributed by atoms with Gasteiger partial charge in [0.15, 0.2) is 0 Å². The number of nitrogens with zero attached hydrogens (tertiary/aromatic N) is 6. The summed E-state index contributed by atoms with van der Waals surface area (Å²) in [4.78, 5) is 25.0. The summed E-state index contributed by atoms with van der Waals surface area (Å²) in [5.74, 6) is 0. The van der Waals surface area contributed by atoms with E-state index in [0.29, 0.717) is 0 Å². The maximum absolute atomic E-state index is 6.28. The van der Waals surface area contributed by atoms with Crippen LogP contribution in [0.15, 0.2) is 237 Å². The van der Waals surface area contributed by atoms with Gasteiger partial charge in [0.2, 0.25) is 0 Å². The molecule has 12 aromatic rings. The molecule has 0 fully saturated rings. The van der Waals surface area contributed by atoms with Gasteiger partial charge in [0.1, 0.15) is 0 Å². The molecule has 0 unspecified atom stereocenters. The molecule has 0 N–H and O–H groups in total. The van der Waals surface area contributed by atoms with Crippen molar-refractivity contribution in [1.82, 2.24) is 15.0 Å². The summed E-state index contributed by atoms with van der Waals surface area (Å²) in [6.45, 7) is -0.632. The predicted molar refractivity (Wildman–Crippen MR) is 303 cm³/mol. The lowest BCUT2D eigenvalue weighted by Crippen LogP contribution is -2.67. The summed E-state index contributed by atoms with van der Waals surface area (Å²) < 4.78 is 0. The average molecular weight is 912 g/mol. The third-order valence-corrected chi connectivity index (χ3v) is 15.7. The van der Waals surface area contributed by atoms with Crippen molar-refractivity contribution >= 4 is 154 Å². The Morgan fingerprint density at radius 3 is 1.33 bits per heavy atom. The molecule has 0 saturated heterocycles. The summed E-state index contributed by atoms with van der Waals surface area (Å²) in [6, 6.07) is 86.1. The lowest BCUT2D eigenvalue weighted by atomic mass is 9.31. The standard InChI is InChI=1S/C63H39B3N6/c1-3-21-42(22-4-1)70-51-31-15-9-25-45(51)64-46-26-10-16-32-52(46)71(43-23-5-2-6-24-43)61-59(64)55(70)39-44-58-62-63(69-60(44)61)66(57-38-36-41-20-8-14-30-50(41)68-57)48-28-12-18-34-54(48)72(62)53-33-17-11-27-47(53)65(58)56-37-35-40-19-7-13-29-49(40)67-56/h1-39H. The minimum Gasteiger partial charge on any atom is -0.311 e. The van der Waals surface area contributed by atoms with E-state index in [-0.39, 0.29) is 20.1 Å². The van der Waals surface area contributed by atoms with E-state index >= 15 is 0 Å². The van der Waals surface area contributed by atoms with Gasteiger partial charge < -0.3 is 14.7 Å². The molecular weight excluding hydrogens is 873 g/mol. The fourth-order valence-corrected chi connectivity index (χ4v) is 12.8. The second-order valence-electron chi connectivity index (χ2n) is 19.4. The first-order valence-corrected chi connectivity index (χ1v) is 24.9. The van der Waals surface area contributed by atoms with Crippen molar-refractivity contribution in [3.05, 3.63) is 237 Å². The molecule has 9 heteroatoms. The van der Waals surface area contributed by atoms with E-state index in [9.17, 15) is 0 Å². The molecule has 0 aliphatic carbocycles. The van der Waals surface area contributed by atoms with Crippen LogP contribution >= 0.6 is 0 Å². The highest BCUT2D eigenvalue weighted by molar-refractivity contribution is 7.03. The van der Waals surface area contributed by atoms with Gasteiger partial charge in [-0.25, -0.2) is 0 Å². The number of pyridine rings is 3. The van der Waals surface area contributed by atoms with Gasteiger partial charge in [-0.05, 0) is 112 Å². The Morgan fingerprint density at radius 2 is 0.750 bits per heavy atom. The molecule has 3 aromatic heterocycles. The molecule has 4 aliphatic rings. The summed E-state index contributed by atoms with van der Waals surface area (Å²) in [7, 11) is 0. The lowest BCUT2D eigenvalue weighted by Gasteiger charge is -2.46. The fourth-order valence-electron chi connectivity index (χ4n) is 12.8. The smallest absolute Gasteiger partial charge is 0.293 e. The van der Waals surface area contributed by atoms with Crippen LogP contribution in [0.3, 0.4) is 0 Å². The summed E-state index contributed by atoms with van der Waals surface area (Å²) in [5, 5.41) is 3.31. The van der Waals surface area contributed by atoms with Crippen molar-refractivity contribution in [2.75, 3.05) is 14.7 Å². The zero-order chi connectivity index (χ0) is 47.0. The molecular formula is C63H39B3N6. The van der Waals surface area contributed by atoms with Gasteiger partial charge in [-0.15, -0.1) is 0 Å². The molecule has 72 heavy (non-hydrogen) atoms. The Labute approximate surface area is 417 Å². The van der Waals surface area contributed by atoms with Crippen molar-refractivity contribution in [1.29, 1.82) is 0 Å². The van der Waals surface area contributed by atoms with Crippen LogP contribution in [0.5, 0.6) is 0 Å². The van der Waals surface area contributed by atoms with E-state index in [1.807, 2.05) is 0 Å². The maximum atomic E-state index is 6.28. The highest BCUT2D eigenvalue weighted by Crippen LogP contribution is 2.48. The van der Waals surface area contributed by atoms with Crippen LogP contribution in [0, 0.1) is 0 Å². The highest BCUT2D eigenvalue weighted by Gasteiger charge is 2.49.